The van der Waals surface area contributed by atoms with Crippen LogP contribution in [0.1, 0.15) is 29.7 Å². The zero-order valence-corrected chi connectivity index (χ0v) is 13.0. The SMILES string of the molecule is CCc1ccc(C2CN(c3c(C#N)cnn3C)CCO2)cc1. The van der Waals surface area contributed by atoms with Gasteiger partial charge in [0.1, 0.15) is 23.6 Å². The number of aryl methyl sites for hydroxylation is 2. The van der Waals surface area contributed by atoms with Crippen LogP contribution in [0.15, 0.2) is 30.5 Å². The maximum Gasteiger partial charge on any atom is 0.144 e. The Kier molecular flexibility index (Phi) is 4.12. The van der Waals surface area contributed by atoms with Crippen molar-refractivity contribution >= 4 is 5.82 Å². The Balaban J connectivity index is 1.82. The molecule has 5 heteroatoms. The highest BCUT2D eigenvalue weighted by atomic mass is 16.5. The molecule has 0 aliphatic carbocycles. The van der Waals surface area contributed by atoms with E-state index in [0.717, 1.165) is 25.3 Å². The molecule has 3 rings (SSSR count). The van der Waals surface area contributed by atoms with Crippen LogP contribution in [0.5, 0.6) is 0 Å². The van der Waals surface area contributed by atoms with Gasteiger partial charge in [0.25, 0.3) is 0 Å². The first-order chi connectivity index (χ1) is 10.7. The fourth-order valence-corrected chi connectivity index (χ4v) is 2.90. The summed E-state index contributed by atoms with van der Waals surface area (Å²) in [6.45, 7) is 4.31. The molecular weight excluding hydrogens is 276 g/mol. The maximum absolute atomic E-state index is 9.24. The summed E-state index contributed by atoms with van der Waals surface area (Å²) in [5.41, 5.74) is 3.13. The van der Waals surface area contributed by atoms with Crippen LogP contribution in [0.2, 0.25) is 0 Å². The number of nitrogens with zero attached hydrogens (tertiary/aromatic N) is 4. The molecule has 0 spiro atoms. The van der Waals surface area contributed by atoms with E-state index in [1.54, 1.807) is 10.9 Å². The lowest BCUT2D eigenvalue weighted by atomic mass is 10.0. The molecule has 1 aliphatic heterocycles. The molecule has 5 nitrogen and oxygen atoms in total. The number of rotatable bonds is 3. The fourth-order valence-electron chi connectivity index (χ4n) is 2.90. The molecule has 1 saturated heterocycles. The molecule has 1 fully saturated rings. The van der Waals surface area contributed by atoms with E-state index in [4.69, 9.17) is 4.74 Å². The monoisotopic (exact) mass is 296 g/mol. The molecule has 1 aromatic carbocycles. The summed E-state index contributed by atoms with van der Waals surface area (Å²) in [7, 11) is 1.87. The third-order valence-electron chi connectivity index (χ3n) is 4.15. The fraction of sp³-hybridized carbons (Fsp3) is 0.412. The Morgan fingerprint density at radius 3 is 2.82 bits per heavy atom. The van der Waals surface area contributed by atoms with Crippen molar-refractivity contribution < 1.29 is 4.74 Å². The van der Waals surface area contributed by atoms with Crippen molar-refractivity contribution in [2.24, 2.45) is 7.05 Å². The summed E-state index contributed by atoms with van der Waals surface area (Å²) in [6, 6.07) is 10.8. The summed E-state index contributed by atoms with van der Waals surface area (Å²) in [4.78, 5) is 2.19. The van der Waals surface area contributed by atoms with E-state index in [1.165, 1.54) is 11.1 Å². The molecule has 2 heterocycles. The van der Waals surface area contributed by atoms with Crippen molar-refractivity contribution in [1.29, 1.82) is 5.26 Å². The van der Waals surface area contributed by atoms with Crippen LogP contribution in [-0.2, 0) is 18.2 Å². The summed E-state index contributed by atoms with van der Waals surface area (Å²) < 4.78 is 7.69. The molecule has 1 atom stereocenters. The second kappa shape index (κ2) is 6.20. The van der Waals surface area contributed by atoms with Crippen molar-refractivity contribution in [3.8, 4) is 6.07 Å². The number of hydrogen-bond donors (Lipinski definition) is 0. The Hall–Kier alpha value is -2.32. The molecule has 0 N–H and O–H groups in total. The second-order valence-electron chi connectivity index (χ2n) is 5.52. The molecule has 0 saturated carbocycles. The maximum atomic E-state index is 9.24. The van der Waals surface area contributed by atoms with Gasteiger partial charge in [0.05, 0.1) is 12.8 Å². The van der Waals surface area contributed by atoms with Gasteiger partial charge < -0.3 is 9.64 Å². The Morgan fingerprint density at radius 2 is 2.14 bits per heavy atom. The van der Waals surface area contributed by atoms with Gasteiger partial charge in [-0.1, -0.05) is 31.2 Å². The third kappa shape index (κ3) is 2.70. The molecule has 0 radical (unpaired) electrons. The topological polar surface area (TPSA) is 54.1 Å². The lowest BCUT2D eigenvalue weighted by Crippen LogP contribution is -2.39. The molecule has 114 valence electrons. The minimum Gasteiger partial charge on any atom is -0.370 e. The standard InChI is InChI=1S/C17H20N4O/c1-3-13-4-6-14(7-5-13)16-12-21(8-9-22-16)17-15(10-18)11-19-20(17)2/h4-7,11,16H,3,8-9,12H2,1-2H3. The average Bonchev–Trinajstić information content (AvgIpc) is 2.96. The van der Waals surface area contributed by atoms with E-state index in [9.17, 15) is 5.26 Å². The van der Waals surface area contributed by atoms with E-state index in [-0.39, 0.29) is 6.10 Å². The van der Waals surface area contributed by atoms with E-state index >= 15 is 0 Å². The highest BCUT2D eigenvalue weighted by molar-refractivity contribution is 5.54. The second-order valence-corrected chi connectivity index (χ2v) is 5.52. The van der Waals surface area contributed by atoms with Crippen LogP contribution in [0.3, 0.4) is 0 Å². The lowest BCUT2D eigenvalue weighted by Gasteiger charge is -2.34. The lowest BCUT2D eigenvalue weighted by molar-refractivity contribution is 0.0392. The van der Waals surface area contributed by atoms with Crippen LogP contribution in [0, 0.1) is 11.3 Å². The van der Waals surface area contributed by atoms with Gasteiger partial charge in [-0.3, -0.25) is 4.68 Å². The molecule has 1 aliphatic rings. The van der Waals surface area contributed by atoms with E-state index in [0.29, 0.717) is 12.2 Å². The Labute approximate surface area is 130 Å². The zero-order valence-electron chi connectivity index (χ0n) is 13.0. The van der Waals surface area contributed by atoms with Gasteiger partial charge in [0.2, 0.25) is 0 Å². The summed E-state index contributed by atoms with van der Waals surface area (Å²) >= 11 is 0. The largest absolute Gasteiger partial charge is 0.370 e. The Bertz CT molecular complexity index is 684. The minimum atomic E-state index is 0.0288. The number of ether oxygens (including phenoxy) is 1. The molecule has 1 aromatic heterocycles. The van der Waals surface area contributed by atoms with Crippen molar-refractivity contribution in [3.63, 3.8) is 0 Å². The molecule has 1 unspecified atom stereocenters. The number of benzene rings is 1. The summed E-state index contributed by atoms with van der Waals surface area (Å²) in [5, 5.41) is 13.4. The molecule has 0 bridgehead atoms. The van der Waals surface area contributed by atoms with Crippen LogP contribution in [0.4, 0.5) is 5.82 Å². The average molecular weight is 296 g/mol. The van der Waals surface area contributed by atoms with Crippen LogP contribution in [0.25, 0.3) is 0 Å². The number of hydrogen-bond acceptors (Lipinski definition) is 4. The number of aromatic nitrogens is 2. The minimum absolute atomic E-state index is 0.0288. The molecular formula is C17H20N4O. The first-order valence-corrected chi connectivity index (χ1v) is 7.60. The smallest absolute Gasteiger partial charge is 0.144 e. The van der Waals surface area contributed by atoms with Gasteiger partial charge in [-0.05, 0) is 17.5 Å². The predicted octanol–water partition coefficient (Wildman–Crippen LogP) is 2.43. The van der Waals surface area contributed by atoms with Crippen LogP contribution >= 0.6 is 0 Å². The normalized spacial score (nSPS) is 18.2. The van der Waals surface area contributed by atoms with Gasteiger partial charge in [-0.15, -0.1) is 0 Å². The van der Waals surface area contributed by atoms with Crippen molar-refractivity contribution in [3.05, 3.63) is 47.2 Å². The quantitative estimate of drug-likeness (QED) is 0.873. The summed E-state index contributed by atoms with van der Waals surface area (Å²) in [6.07, 6.45) is 2.69. The van der Waals surface area contributed by atoms with E-state index in [2.05, 4.69) is 47.3 Å². The highest BCUT2D eigenvalue weighted by Crippen LogP contribution is 2.28. The summed E-state index contributed by atoms with van der Waals surface area (Å²) in [5.74, 6) is 0.876. The number of morpholine rings is 1. The van der Waals surface area contributed by atoms with E-state index < -0.39 is 0 Å². The van der Waals surface area contributed by atoms with Crippen LogP contribution < -0.4 is 4.90 Å². The van der Waals surface area contributed by atoms with E-state index in [1.807, 2.05) is 7.05 Å². The first kappa shape index (κ1) is 14.6. The molecule has 2 aromatic rings. The van der Waals surface area contributed by atoms with Gasteiger partial charge >= 0.3 is 0 Å². The number of anilines is 1. The van der Waals surface area contributed by atoms with Gasteiger partial charge in [-0.25, -0.2) is 0 Å². The van der Waals surface area contributed by atoms with Gasteiger partial charge in [0, 0.05) is 20.1 Å². The van der Waals surface area contributed by atoms with Crippen molar-refractivity contribution in [1.82, 2.24) is 9.78 Å². The first-order valence-electron chi connectivity index (χ1n) is 7.60. The zero-order chi connectivity index (χ0) is 15.5. The Morgan fingerprint density at radius 1 is 1.36 bits per heavy atom. The molecule has 22 heavy (non-hydrogen) atoms. The van der Waals surface area contributed by atoms with Gasteiger partial charge in [-0.2, -0.15) is 10.4 Å². The third-order valence-corrected chi connectivity index (χ3v) is 4.15. The van der Waals surface area contributed by atoms with Crippen molar-refractivity contribution in [2.75, 3.05) is 24.6 Å². The molecule has 0 amide bonds. The predicted molar refractivity (Wildman–Crippen MR) is 84.6 cm³/mol. The van der Waals surface area contributed by atoms with Crippen LogP contribution in [-0.4, -0.2) is 29.5 Å². The van der Waals surface area contributed by atoms with Gasteiger partial charge in [0.15, 0.2) is 0 Å². The highest BCUT2D eigenvalue weighted by Gasteiger charge is 2.25. The van der Waals surface area contributed by atoms with Crippen molar-refractivity contribution in [2.45, 2.75) is 19.4 Å². The number of nitriles is 1.